The highest BCUT2D eigenvalue weighted by molar-refractivity contribution is 5.95. The maximum Gasteiger partial charge on any atom is 0.228 e. The maximum absolute atomic E-state index is 12.6. The zero-order chi connectivity index (χ0) is 18.7. The molecular weight excluding hydrogens is 326 g/mol. The van der Waals surface area contributed by atoms with Crippen molar-refractivity contribution < 1.29 is 9.59 Å². The van der Waals surface area contributed by atoms with Gasteiger partial charge in [-0.25, -0.2) is 4.68 Å². The predicted octanol–water partition coefficient (Wildman–Crippen LogP) is 3.39. The Morgan fingerprint density at radius 3 is 2.73 bits per heavy atom. The number of carbonyl (C=O) groups is 2. The van der Waals surface area contributed by atoms with Crippen LogP contribution in [0.3, 0.4) is 0 Å². The largest absolute Gasteiger partial charge is 0.299 e. The standard InChI is InChI=1S/C21H27N3O2/c1-4-17-8-5-7-15(2)19(17)14-18(25)9-10-21(26)23-11-6-12-24-20(23)13-16(3)22-24/h5,7-8,13H,4,6,9-12,14H2,1-3H3. The third-order valence-corrected chi connectivity index (χ3v) is 5.09. The summed E-state index contributed by atoms with van der Waals surface area (Å²) in [5.74, 6) is 1.00. The molecule has 26 heavy (non-hydrogen) atoms. The number of hydrogen-bond acceptors (Lipinski definition) is 3. The molecule has 0 atom stereocenters. The van der Waals surface area contributed by atoms with Gasteiger partial charge in [-0.3, -0.25) is 14.5 Å². The Morgan fingerprint density at radius 2 is 1.96 bits per heavy atom. The van der Waals surface area contributed by atoms with Gasteiger partial charge in [0.05, 0.1) is 5.69 Å². The van der Waals surface area contributed by atoms with Crippen LogP contribution in [0.15, 0.2) is 24.3 Å². The van der Waals surface area contributed by atoms with Crippen molar-refractivity contribution in [3.05, 3.63) is 46.6 Å². The van der Waals surface area contributed by atoms with Crippen molar-refractivity contribution in [3.8, 4) is 0 Å². The van der Waals surface area contributed by atoms with E-state index in [-0.39, 0.29) is 18.1 Å². The first kappa shape index (κ1) is 18.4. The zero-order valence-corrected chi connectivity index (χ0v) is 15.9. The highest BCUT2D eigenvalue weighted by Gasteiger charge is 2.24. The molecule has 0 saturated carbocycles. The topological polar surface area (TPSA) is 55.2 Å². The predicted molar refractivity (Wildman–Crippen MR) is 102 cm³/mol. The highest BCUT2D eigenvalue weighted by atomic mass is 16.2. The fraction of sp³-hybridized carbons (Fsp3) is 0.476. The molecule has 0 aliphatic carbocycles. The molecule has 0 unspecified atom stereocenters. The molecule has 0 fully saturated rings. The molecular formula is C21H27N3O2. The van der Waals surface area contributed by atoms with Crippen LogP contribution in [-0.2, 0) is 29.0 Å². The van der Waals surface area contributed by atoms with E-state index in [1.54, 1.807) is 4.90 Å². The highest BCUT2D eigenvalue weighted by Crippen LogP contribution is 2.23. The van der Waals surface area contributed by atoms with Crippen molar-refractivity contribution in [3.63, 3.8) is 0 Å². The van der Waals surface area contributed by atoms with Crippen molar-refractivity contribution in [2.24, 2.45) is 0 Å². The molecule has 1 aromatic carbocycles. The number of rotatable bonds is 6. The number of fused-ring (bicyclic) bond motifs is 1. The van der Waals surface area contributed by atoms with Crippen molar-refractivity contribution in [2.45, 2.75) is 59.4 Å². The van der Waals surface area contributed by atoms with Gasteiger partial charge < -0.3 is 0 Å². The third kappa shape index (κ3) is 3.87. The van der Waals surface area contributed by atoms with Crippen LogP contribution in [-0.4, -0.2) is 28.0 Å². The van der Waals surface area contributed by atoms with Crippen LogP contribution in [0.4, 0.5) is 5.82 Å². The molecule has 0 bridgehead atoms. The summed E-state index contributed by atoms with van der Waals surface area (Å²) in [5, 5.41) is 4.42. The van der Waals surface area contributed by atoms with Gasteiger partial charge in [-0.05, 0) is 43.4 Å². The van der Waals surface area contributed by atoms with Crippen LogP contribution >= 0.6 is 0 Å². The number of amides is 1. The Hall–Kier alpha value is -2.43. The Morgan fingerprint density at radius 1 is 1.15 bits per heavy atom. The molecule has 0 radical (unpaired) electrons. The fourth-order valence-corrected chi connectivity index (χ4v) is 3.67. The van der Waals surface area contributed by atoms with E-state index in [1.807, 2.05) is 36.7 Å². The van der Waals surface area contributed by atoms with Crippen LogP contribution in [0.1, 0.15) is 48.6 Å². The maximum atomic E-state index is 12.6. The first-order valence-corrected chi connectivity index (χ1v) is 9.43. The molecule has 0 saturated heterocycles. The van der Waals surface area contributed by atoms with Gasteiger partial charge >= 0.3 is 0 Å². The summed E-state index contributed by atoms with van der Waals surface area (Å²) in [6, 6.07) is 8.11. The lowest BCUT2D eigenvalue weighted by Gasteiger charge is -2.27. The van der Waals surface area contributed by atoms with Gasteiger partial charge in [-0.2, -0.15) is 5.10 Å². The van der Waals surface area contributed by atoms with Gasteiger partial charge in [0, 0.05) is 38.4 Å². The minimum atomic E-state index is 0.0136. The van der Waals surface area contributed by atoms with E-state index >= 15 is 0 Å². The molecule has 2 heterocycles. The number of anilines is 1. The molecule has 1 aliphatic heterocycles. The summed E-state index contributed by atoms with van der Waals surface area (Å²) in [4.78, 5) is 26.9. The Balaban J connectivity index is 1.61. The minimum Gasteiger partial charge on any atom is -0.299 e. The molecule has 1 amide bonds. The fourth-order valence-electron chi connectivity index (χ4n) is 3.67. The zero-order valence-electron chi connectivity index (χ0n) is 15.9. The van der Waals surface area contributed by atoms with Crippen molar-refractivity contribution in [1.82, 2.24) is 9.78 Å². The summed E-state index contributed by atoms with van der Waals surface area (Å²) >= 11 is 0. The molecule has 1 aromatic heterocycles. The van der Waals surface area contributed by atoms with E-state index in [9.17, 15) is 9.59 Å². The molecule has 0 spiro atoms. The number of nitrogens with zero attached hydrogens (tertiary/aromatic N) is 3. The quantitative estimate of drug-likeness (QED) is 0.800. The molecule has 1 aliphatic rings. The second kappa shape index (κ2) is 7.85. The Bertz CT molecular complexity index is 823. The number of aromatic nitrogens is 2. The molecule has 5 nitrogen and oxygen atoms in total. The molecule has 138 valence electrons. The van der Waals surface area contributed by atoms with Gasteiger partial charge in [0.1, 0.15) is 11.6 Å². The van der Waals surface area contributed by atoms with Crippen LogP contribution < -0.4 is 4.90 Å². The lowest BCUT2D eigenvalue weighted by atomic mass is 9.94. The average Bonchev–Trinajstić information content (AvgIpc) is 3.01. The SMILES string of the molecule is CCc1cccc(C)c1CC(=O)CCC(=O)N1CCCn2nc(C)cc21. The van der Waals surface area contributed by atoms with E-state index in [4.69, 9.17) is 0 Å². The Labute approximate surface area is 155 Å². The lowest BCUT2D eigenvalue weighted by molar-refractivity contribution is -0.123. The summed E-state index contributed by atoms with van der Waals surface area (Å²) in [7, 11) is 0. The van der Waals surface area contributed by atoms with Gasteiger partial charge in [0.15, 0.2) is 0 Å². The molecule has 3 rings (SSSR count). The van der Waals surface area contributed by atoms with E-state index in [2.05, 4.69) is 18.1 Å². The van der Waals surface area contributed by atoms with Crippen molar-refractivity contribution >= 4 is 17.5 Å². The number of carbonyl (C=O) groups excluding carboxylic acids is 2. The van der Waals surface area contributed by atoms with E-state index < -0.39 is 0 Å². The first-order valence-electron chi connectivity index (χ1n) is 9.43. The van der Waals surface area contributed by atoms with E-state index in [0.717, 1.165) is 42.0 Å². The Kier molecular flexibility index (Phi) is 5.55. The van der Waals surface area contributed by atoms with Crippen LogP contribution in [0.5, 0.6) is 0 Å². The summed E-state index contributed by atoms with van der Waals surface area (Å²) in [6.45, 7) is 7.64. The minimum absolute atomic E-state index is 0.0136. The number of aryl methyl sites for hydroxylation is 4. The smallest absolute Gasteiger partial charge is 0.228 e. The van der Waals surface area contributed by atoms with Crippen molar-refractivity contribution in [2.75, 3.05) is 11.4 Å². The van der Waals surface area contributed by atoms with E-state index in [1.165, 1.54) is 5.56 Å². The average molecular weight is 353 g/mol. The number of Topliss-reactive ketones (excluding diaryl/α,β-unsaturated/α-hetero) is 1. The summed E-state index contributed by atoms with van der Waals surface area (Å²) < 4.78 is 1.89. The van der Waals surface area contributed by atoms with Crippen LogP contribution in [0.25, 0.3) is 0 Å². The first-order chi connectivity index (χ1) is 12.5. The second-order valence-corrected chi connectivity index (χ2v) is 7.05. The lowest BCUT2D eigenvalue weighted by Crippen LogP contribution is -2.37. The van der Waals surface area contributed by atoms with Gasteiger partial charge in [-0.1, -0.05) is 25.1 Å². The van der Waals surface area contributed by atoms with Gasteiger partial charge in [0.2, 0.25) is 5.91 Å². The third-order valence-electron chi connectivity index (χ3n) is 5.09. The normalized spacial score (nSPS) is 13.6. The van der Waals surface area contributed by atoms with Crippen LogP contribution in [0, 0.1) is 13.8 Å². The number of hydrogen-bond donors (Lipinski definition) is 0. The molecule has 5 heteroatoms. The number of benzene rings is 1. The molecule has 0 N–H and O–H groups in total. The summed E-state index contributed by atoms with van der Waals surface area (Å²) in [5.41, 5.74) is 4.42. The van der Waals surface area contributed by atoms with Gasteiger partial charge in [-0.15, -0.1) is 0 Å². The second-order valence-electron chi connectivity index (χ2n) is 7.05. The number of ketones is 1. The summed E-state index contributed by atoms with van der Waals surface area (Å²) in [6.07, 6.45) is 2.79. The van der Waals surface area contributed by atoms with E-state index in [0.29, 0.717) is 19.4 Å². The van der Waals surface area contributed by atoms with Crippen molar-refractivity contribution in [1.29, 1.82) is 0 Å². The molecule has 2 aromatic rings. The van der Waals surface area contributed by atoms with Crippen LogP contribution in [0.2, 0.25) is 0 Å². The monoisotopic (exact) mass is 353 g/mol. The van der Waals surface area contributed by atoms with Gasteiger partial charge in [0.25, 0.3) is 0 Å².